The van der Waals surface area contributed by atoms with Crippen LogP contribution in [0.25, 0.3) is 0 Å². The summed E-state index contributed by atoms with van der Waals surface area (Å²) in [6.07, 6.45) is 0.377. The maximum absolute atomic E-state index is 10.9. The number of alkyl halides is 1. The van der Waals surface area contributed by atoms with Gasteiger partial charge in [0.25, 0.3) is 0 Å². The van der Waals surface area contributed by atoms with Gasteiger partial charge < -0.3 is 0 Å². The van der Waals surface area contributed by atoms with Gasteiger partial charge in [0.05, 0.1) is 5.41 Å². The van der Waals surface area contributed by atoms with Crippen molar-refractivity contribution in [1.82, 2.24) is 0 Å². The van der Waals surface area contributed by atoms with Gasteiger partial charge in [-0.05, 0) is 36.5 Å². The van der Waals surface area contributed by atoms with Crippen molar-refractivity contribution >= 4 is 45.3 Å². The molecule has 0 amide bonds. The molecule has 0 saturated heterocycles. The van der Waals surface area contributed by atoms with Crippen LogP contribution >= 0.6 is 34.8 Å². The van der Waals surface area contributed by atoms with E-state index >= 15 is 0 Å². The molecule has 0 aromatic heterocycles. The smallest absolute Gasteiger partial charge is 0.240 e. The largest absolute Gasteiger partial charge is 0.281 e. The molecule has 12 heavy (non-hydrogen) atoms. The summed E-state index contributed by atoms with van der Waals surface area (Å²) in [5, 5.41) is -2.46. The van der Waals surface area contributed by atoms with Gasteiger partial charge in [0.15, 0.2) is 0 Å². The highest BCUT2D eigenvalue weighted by atomic mass is 35.5. The van der Waals surface area contributed by atoms with E-state index in [9.17, 15) is 9.59 Å². The topological polar surface area (TPSA) is 34.1 Å². The number of carbonyl (C=O) groups is 2. The molecule has 2 unspecified atom stereocenters. The summed E-state index contributed by atoms with van der Waals surface area (Å²) in [5.74, 6) is 0. The van der Waals surface area contributed by atoms with E-state index in [1.165, 1.54) is 6.92 Å². The van der Waals surface area contributed by atoms with Crippen molar-refractivity contribution in [2.45, 2.75) is 25.6 Å². The molecule has 0 aliphatic carbocycles. The van der Waals surface area contributed by atoms with Crippen molar-refractivity contribution in [3.05, 3.63) is 0 Å². The van der Waals surface area contributed by atoms with Crippen LogP contribution in [-0.2, 0) is 9.59 Å². The van der Waals surface area contributed by atoms with Gasteiger partial charge in [-0.1, -0.05) is 6.92 Å². The molecule has 0 rings (SSSR count). The number of carbonyl (C=O) groups excluding carboxylic acids is 2. The molecule has 0 aliphatic heterocycles. The maximum atomic E-state index is 10.9. The lowest BCUT2D eigenvalue weighted by Crippen LogP contribution is -2.37. The van der Waals surface area contributed by atoms with Crippen LogP contribution in [0.15, 0.2) is 0 Å². The van der Waals surface area contributed by atoms with Gasteiger partial charge in [0, 0.05) is 0 Å². The molecule has 0 aliphatic rings. The Morgan fingerprint density at radius 2 is 1.83 bits per heavy atom. The van der Waals surface area contributed by atoms with Gasteiger partial charge in [0.1, 0.15) is 5.38 Å². The molecule has 0 heterocycles. The predicted molar refractivity (Wildman–Crippen MR) is 49.8 cm³/mol. The van der Waals surface area contributed by atoms with Crippen LogP contribution in [0.5, 0.6) is 0 Å². The van der Waals surface area contributed by atoms with Crippen LogP contribution in [0.1, 0.15) is 20.3 Å². The van der Waals surface area contributed by atoms with Gasteiger partial charge in [0.2, 0.25) is 10.5 Å². The summed E-state index contributed by atoms with van der Waals surface area (Å²) < 4.78 is 0. The molecular weight excluding hydrogens is 222 g/mol. The minimum atomic E-state index is -1.07. The Morgan fingerprint density at radius 3 is 1.92 bits per heavy atom. The summed E-state index contributed by atoms with van der Waals surface area (Å²) in [5.41, 5.74) is -1.07. The summed E-state index contributed by atoms with van der Waals surface area (Å²) in [6, 6.07) is 0. The third-order valence-corrected chi connectivity index (χ3v) is 3.38. The van der Waals surface area contributed by atoms with E-state index in [0.717, 1.165) is 0 Å². The lowest BCUT2D eigenvalue weighted by atomic mass is 9.85. The number of halogens is 3. The van der Waals surface area contributed by atoms with Crippen LogP contribution in [0.2, 0.25) is 0 Å². The second-order valence-corrected chi connectivity index (χ2v) is 3.86. The first-order chi connectivity index (χ1) is 5.36. The molecule has 0 bridgehead atoms. The minimum Gasteiger partial charge on any atom is -0.281 e. The highest BCUT2D eigenvalue weighted by molar-refractivity contribution is 6.71. The second-order valence-electron chi connectivity index (χ2n) is 2.71. The minimum absolute atomic E-state index is 0.377. The molecular formula is C7H9Cl3O2. The molecule has 0 spiro atoms. The van der Waals surface area contributed by atoms with Crippen LogP contribution < -0.4 is 0 Å². The Hall–Kier alpha value is 0.210. The van der Waals surface area contributed by atoms with Crippen LogP contribution in [0, 0.1) is 5.41 Å². The maximum Gasteiger partial charge on any atom is 0.240 e. The highest BCUT2D eigenvalue weighted by Crippen LogP contribution is 2.33. The van der Waals surface area contributed by atoms with E-state index < -0.39 is 21.3 Å². The Balaban J connectivity index is 4.75. The van der Waals surface area contributed by atoms with Gasteiger partial charge in [-0.2, -0.15) is 0 Å². The second kappa shape index (κ2) is 4.45. The Bertz CT molecular complexity index is 205. The number of hydrogen-bond acceptors (Lipinski definition) is 2. The third-order valence-electron chi connectivity index (χ3n) is 1.94. The van der Waals surface area contributed by atoms with E-state index in [4.69, 9.17) is 34.8 Å². The molecule has 2 nitrogen and oxygen atoms in total. The van der Waals surface area contributed by atoms with E-state index in [0.29, 0.717) is 6.42 Å². The average molecular weight is 232 g/mol. The molecule has 2 atom stereocenters. The average Bonchev–Trinajstić information content (AvgIpc) is 2.01. The molecule has 5 heteroatoms. The van der Waals surface area contributed by atoms with Gasteiger partial charge in [-0.3, -0.25) is 9.59 Å². The zero-order chi connectivity index (χ0) is 9.94. The zero-order valence-corrected chi connectivity index (χ0v) is 9.00. The number of rotatable bonds is 4. The third kappa shape index (κ3) is 2.35. The lowest BCUT2D eigenvalue weighted by molar-refractivity contribution is -0.124. The van der Waals surface area contributed by atoms with Crippen molar-refractivity contribution in [2.75, 3.05) is 0 Å². The molecule has 0 aromatic carbocycles. The first-order valence-corrected chi connectivity index (χ1v) is 4.58. The first-order valence-electron chi connectivity index (χ1n) is 3.39. The van der Waals surface area contributed by atoms with Crippen molar-refractivity contribution in [3.8, 4) is 0 Å². The Labute approximate surface area is 86.2 Å². The van der Waals surface area contributed by atoms with Crippen molar-refractivity contribution in [1.29, 1.82) is 0 Å². The van der Waals surface area contributed by atoms with E-state index in [2.05, 4.69) is 0 Å². The van der Waals surface area contributed by atoms with E-state index in [-0.39, 0.29) is 0 Å². The summed E-state index contributed by atoms with van der Waals surface area (Å²) >= 11 is 16.1. The van der Waals surface area contributed by atoms with Crippen LogP contribution in [-0.4, -0.2) is 15.9 Å². The molecule has 0 saturated carbocycles. The molecule has 0 N–H and O–H groups in total. The predicted octanol–water partition coefficient (Wildman–Crippen LogP) is 2.54. The van der Waals surface area contributed by atoms with Crippen molar-refractivity contribution < 1.29 is 9.59 Å². The summed E-state index contributed by atoms with van der Waals surface area (Å²) in [6.45, 7) is 3.23. The fourth-order valence-electron chi connectivity index (χ4n) is 0.668. The van der Waals surface area contributed by atoms with Gasteiger partial charge >= 0.3 is 0 Å². The fourth-order valence-corrected chi connectivity index (χ4v) is 1.46. The fraction of sp³-hybridized carbons (Fsp3) is 0.714. The summed E-state index contributed by atoms with van der Waals surface area (Å²) in [7, 11) is 0. The quantitative estimate of drug-likeness (QED) is 0.550. The van der Waals surface area contributed by atoms with E-state index in [1.807, 2.05) is 0 Å². The summed E-state index contributed by atoms with van der Waals surface area (Å²) in [4.78, 5) is 21.6. The van der Waals surface area contributed by atoms with Gasteiger partial charge in [-0.25, -0.2) is 0 Å². The zero-order valence-electron chi connectivity index (χ0n) is 6.73. The van der Waals surface area contributed by atoms with Crippen molar-refractivity contribution in [2.24, 2.45) is 5.41 Å². The molecule has 0 fully saturated rings. The van der Waals surface area contributed by atoms with Crippen molar-refractivity contribution in [3.63, 3.8) is 0 Å². The Kier molecular flexibility index (Phi) is 4.53. The first kappa shape index (κ1) is 12.2. The highest BCUT2D eigenvalue weighted by Gasteiger charge is 2.41. The molecule has 0 radical (unpaired) electrons. The molecule has 70 valence electrons. The van der Waals surface area contributed by atoms with Crippen LogP contribution in [0.3, 0.4) is 0 Å². The van der Waals surface area contributed by atoms with E-state index in [1.54, 1.807) is 6.92 Å². The number of hydrogen-bond donors (Lipinski definition) is 0. The SMILES string of the molecule is CCC(C)(C(=O)Cl)C(Cl)C(=O)Cl. The lowest BCUT2D eigenvalue weighted by Gasteiger charge is -2.25. The molecule has 0 aromatic rings. The standard InChI is InChI=1S/C7H9Cl3O2/c1-3-7(2,6(10)12)4(8)5(9)11/h4H,3H2,1-2H3. The Morgan fingerprint density at radius 1 is 1.42 bits per heavy atom. The van der Waals surface area contributed by atoms with Gasteiger partial charge in [-0.15, -0.1) is 11.6 Å². The normalized spacial score (nSPS) is 18.1. The van der Waals surface area contributed by atoms with Crippen LogP contribution in [0.4, 0.5) is 0 Å². The monoisotopic (exact) mass is 230 g/mol.